The first-order chi connectivity index (χ1) is 9.01. The lowest BCUT2D eigenvalue weighted by Gasteiger charge is -2.15. The van der Waals surface area contributed by atoms with Crippen LogP contribution in [0, 0.1) is 5.41 Å². The number of methoxy groups -OCH3 is 2. The Labute approximate surface area is 118 Å². The van der Waals surface area contributed by atoms with Crippen molar-refractivity contribution >= 4 is 23.6 Å². The number of rotatable bonds is 9. The highest BCUT2D eigenvalue weighted by atomic mass is 32.2. The van der Waals surface area contributed by atoms with Gasteiger partial charge in [0.1, 0.15) is 0 Å². The summed E-state index contributed by atoms with van der Waals surface area (Å²) in [5.74, 6) is 1.13. The predicted octanol–water partition coefficient (Wildman–Crippen LogP) is 1.21. The van der Waals surface area contributed by atoms with Gasteiger partial charge in [-0.3, -0.25) is 9.59 Å². The molecule has 1 fully saturated rings. The number of esters is 1. The van der Waals surface area contributed by atoms with E-state index in [0.29, 0.717) is 18.8 Å². The van der Waals surface area contributed by atoms with Gasteiger partial charge in [0.05, 0.1) is 25.9 Å². The molecule has 1 rings (SSSR count). The number of nitrogens with one attached hydrogen (secondary N) is 1. The number of hydrogen-bond donors (Lipinski definition) is 1. The lowest BCUT2D eigenvalue weighted by atomic mass is 10.1. The molecule has 1 saturated carbocycles. The van der Waals surface area contributed by atoms with Gasteiger partial charge in [-0.15, -0.1) is 0 Å². The smallest absolute Gasteiger partial charge is 0.306 e. The molecular formula is C13H23NO4S. The fourth-order valence-electron chi connectivity index (χ4n) is 1.90. The summed E-state index contributed by atoms with van der Waals surface area (Å²) in [6.07, 6.45) is 2.58. The Kier molecular flexibility index (Phi) is 6.65. The monoisotopic (exact) mass is 289 g/mol. The summed E-state index contributed by atoms with van der Waals surface area (Å²) < 4.78 is 9.65. The van der Waals surface area contributed by atoms with E-state index in [0.717, 1.165) is 18.6 Å². The largest absolute Gasteiger partial charge is 0.469 e. The van der Waals surface area contributed by atoms with Gasteiger partial charge in [0.2, 0.25) is 5.91 Å². The van der Waals surface area contributed by atoms with E-state index < -0.39 is 0 Å². The van der Waals surface area contributed by atoms with Gasteiger partial charge in [-0.05, 0) is 30.9 Å². The van der Waals surface area contributed by atoms with Gasteiger partial charge in [-0.2, -0.15) is 11.8 Å². The molecule has 0 bridgehead atoms. The fraction of sp³-hybridized carbons (Fsp3) is 0.846. The second kappa shape index (κ2) is 7.75. The molecule has 0 aromatic heterocycles. The Hall–Kier alpha value is -0.750. The lowest BCUT2D eigenvalue weighted by Crippen LogP contribution is -2.36. The molecule has 0 aromatic rings. The van der Waals surface area contributed by atoms with E-state index in [1.165, 1.54) is 7.11 Å². The molecule has 1 aliphatic carbocycles. The van der Waals surface area contributed by atoms with Crippen LogP contribution >= 0.6 is 11.8 Å². The summed E-state index contributed by atoms with van der Waals surface area (Å²) in [5.41, 5.74) is 0.0795. The predicted molar refractivity (Wildman–Crippen MR) is 75.1 cm³/mol. The van der Waals surface area contributed by atoms with Crippen molar-refractivity contribution in [2.24, 2.45) is 5.41 Å². The zero-order valence-corrected chi connectivity index (χ0v) is 12.7. The SMILES string of the molecule is COCC(C)NC(=O)CSCC1(CC(=O)OC)CC1. The summed E-state index contributed by atoms with van der Waals surface area (Å²) in [5, 5.41) is 2.86. The molecule has 0 saturated heterocycles. The third-order valence-electron chi connectivity index (χ3n) is 3.17. The molecular weight excluding hydrogens is 266 g/mol. The molecule has 0 heterocycles. The van der Waals surface area contributed by atoms with Crippen LogP contribution in [0.4, 0.5) is 0 Å². The minimum atomic E-state index is -0.156. The first-order valence-electron chi connectivity index (χ1n) is 6.44. The highest BCUT2D eigenvalue weighted by Gasteiger charge is 2.44. The molecule has 19 heavy (non-hydrogen) atoms. The van der Waals surface area contributed by atoms with Crippen LogP contribution in [-0.2, 0) is 19.1 Å². The molecule has 0 aliphatic heterocycles. The van der Waals surface area contributed by atoms with Crippen molar-refractivity contribution in [1.29, 1.82) is 0 Å². The van der Waals surface area contributed by atoms with Crippen molar-refractivity contribution in [2.45, 2.75) is 32.2 Å². The Morgan fingerprint density at radius 2 is 2.05 bits per heavy atom. The molecule has 6 heteroatoms. The summed E-state index contributed by atoms with van der Waals surface area (Å²) in [7, 11) is 3.03. The minimum absolute atomic E-state index is 0.0171. The Bertz CT molecular complexity index is 318. The average molecular weight is 289 g/mol. The Balaban J connectivity index is 2.16. The van der Waals surface area contributed by atoms with E-state index >= 15 is 0 Å². The molecule has 0 radical (unpaired) electrons. The lowest BCUT2D eigenvalue weighted by molar-refractivity contribution is -0.141. The molecule has 1 aliphatic rings. The Morgan fingerprint density at radius 3 is 2.58 bits per heavy atom. The van der Waals surface area contributed by atoms with Crippen LogP contribution in [0.5, 0.6) is 0 Å². The summed E-state index contributed by atoms with van der Waals surface area (Å²) in [4.78, 5) is 22.9. The molecule has 110 valence electrons. The highest BCUT2D eigenvalue weighted by molar-refractivity contribution is 7.99. The van der Waals surface area contributed by atoms with Gasteiger partial charge < -0.3 is 14.8 Å². The number of thioether (sulfide) groups is 1. The number of amides is 1. The van der Waals surface area contributed by atoms with Crippen LogP contribution < -0.4 is 5.32 Å². The van der Waals surface area contributed by atoms with E-state index in [4.69, 9.17) is 9.47 Å². The van der Waals surface area contributed by atoms with E-state index in [9.17, 15) is 9.59 Å². The molecule has 1 amide bonds. The zero-order valence-electron chi connectivity index (χ0n) is 11.9. The van der Waals surface area contributed by atoms with E-state index in [1.807, 2.05) is 6.92 Å². The fourth-order valence-corrected chi connectivity index (χ4v) is 3.09. The van der Waals surface area contributed by atoms with Crippen molar-refractivity contribution in [1.82, 2.24) is 5.32 Å². The third kappa shape index (κ3) is 6.29. The quantitative estimate of drug-likeness (QED) is 0.646. The molecule has 1 N–H and O–H groups in total. The van der Waals surface area contributed by atoms with Crippen LogP contribution in [0.2, 0.25) is 0 Å². The molecule has 1 atom stereocenters. The standard InChI is InChI=1S/C13H23NO4S/c1-10(7-17-2)14-11(15)8-19-9-13(4-5-13)6-12(16)18-3/h10H,4-9H2,1-3H3,(H,14,15). The number of hydrogen-bond acceptors (Lipinski definition) is 5. The number of carbonyl (C=O) groups excluding carboxylic acids is 2. The number of carbonyl (C=O) groups is 2. The van der Waals surface area contributed by atoms with Crippen LogP contribution in [0.3, 0.4) is 0 Å². The first-order valence-corrected chi connectivity index (χ1v) is 7.60. The molecule has 0 spiro atoms. The van der Waals surface area contributed by atoms with Gasteiger partial charge in [-0.25, -0.2) is 0 Å². The molecule has 1 unspecified atom stereocenters. The van der Waals surface area contributed by atoms with Crippen molar-refractivity contribution < 1.29 is 19.1 Å². The average Bonchev–Trinajstić information content (AvgIpc) is 3.09. The van der Waals surface area contributed by atoms with Gasteiger partial charge in [-0.1, -0.05) is 0 Å². The van der Waals surface area contributed by atoms with Crippen LogP contribution in [0.15, 0.2) is 0 Å². The van der Waals surface area contributed by atoms with Crippen LogP contribution in [0.25, 0.3) is 0 Å². The van der Waals surface area contributed by atoms with Gasteiger partial charge in [0.25, 0.3) is 0 Å². The Morgan fingerprint density at radius 1 is 1.37 bits per heavy atom. The van der Waals surface area contributed by atoms with Crippen molar-refractivity contribution in [2.75, 3.05) is 32.3 Å². The summed E-state index contributed by atoms with van der Waals surface area (Å²) >= 11 is 1.58. The molecule has 0 aromatic carbocycles. The maximum atomic E-state index is 11.6. The zero-order chi connectivity index (χ0) is 14.3. The summed E-state index contributed by atoms with van der Waals surface area (Å²) in [6, 6.07) is 0.0306. The topological polar surface area (TPSA) is 64.6 Å². The first kappa shape index (κ1) is 16.3. The van der Waals surface area contributed by atoms with Crippen molar-refractivity contribution in [3.05, 3.63) is 0 Å². The van der Waals surface area contributed by atoms with Crippen molar-refractivity contribution in [3.63, 3.8) is 0 Å². The van der Waals surface area contributed by atoms with Crippen LogP contribution in [0.1, 0.15) is 26.2 Å². The van der Waals surface area contributed by atoms with E-state index in [2.05, 4.69) is 5.32 Å². The second-order valence-corrected chi connectivity index (χ2v) is 6.16. The normalized spacial score (nSPS) is 17.6. The van der Waals surface area contributed by atoms with Gasteiger partial charge in [0, 0.05) is 13.2 Å². The summed E-state index contributed by atoms with van der Waals surface area (Å²) in [6.45, 7) is 2.42. The highest BCUT2D eigenvalue weighted by Crippen LogP contribution is 2.51. The second-order valence-electron chi connectivity index (χ2n) is 5.17. The maximum Gasteiger partial charge on any atom is 0.306 e. The third-order valence-corrected chi connectivity index (χ3v) is 4.45. The van der Waals surface area contributed by atoms with Crippen LogP contribution in [-0.4, -0.2) is 50.3 Å². The van der Waals surface area contributed by atoms with E-state index in [1.54, 1.807) is 18.9 Å². The minimum Gasteiger partial charge on any atom is -0.469 e. The number of ether oxygens (including phenoxy) is 2. The van der Waals surface area contributed by atoms with Gasteiger partial charge >= 0.3 is 5.97 Å². The molecule has 5 nitrogen and oxygen atoms in total. The van der Waals surface area contributed by atoms with E-state index in [-0.39, 0.29) is 23.3 Å². The maximum absolute atomic E-state index is 11.6. The van der Waals surface area contributed by atoms with Gasteiger partial charge in [0.15, 0.2) is 0 Å². The van der Waals surface area contributed by atoms with Crippen molar-refractivity contribution in [3.8, 4) is 0 Å².